The molecule has 5 nitrogen and oxygen atoms in total. The standard InChI is InChI=1S/C18H18O5/c1-10-15(20)13-9-14(19)18(21,12-7-5-4-6-8-12)23-17(13)11(2)16(10)22-3/h4-8,20-21H,9H2,1-3H3. The first-order chi connectivity index (χ1) is 10.9. The molecule has 0 aliphatic carbocycles. The van der Waals surface area contributed by atoms with Crippen LogP contribution in [0.3, 0.4) is 0 Å². The van der Waals surface area contributed by atoms with Crippen LogP contribution in [-0.2, 0) is 17.0 Å². The van der Waals surface area contributed by atoms with E-state index >= 15 is 0 Å². The molecule has 2 aromatic rings. The molecule has 1 aliphatic heterocycles. The normalized spacial score (nSPS) is 19.9. The minimum absolute atomic E-state index is 0.0362. The van der Waals surface area contributed by atoms with Crippen molar-refractivity contribution in [3.05, 3.63) is 52.6 Å². The Balaban J connectivity index is 2.20. The molecule has 0 radical (unpaired) electrons. The molecule has 0 aromatic heterocycles. The molecule has 5 heteroatoms. The molecule has 1 aliphatic rings. The number of phenolic OH excluding ortho intramolecular Hbond substituents is 1. The van der Waals surface area contributed by atoms with E-state index in [-0.39, 0.29) is 17.9 Å². The zero-order valence-corrected chi connectivity index (χ0v) is 13.2. The number of carbonyl (C=O) groups excluding carboxylic acids is 1. The number of benzene rings is 2. The van der Waals surface area contributed by atoms with Crippen molar-refractivity contribution in [3.8, 4) is 17.2 Å². The predicted octanol–water partition coefficient (Wildman–Crippen LogP) is 2.37. The fourth-order valence-electron chi connectivity index (χ4n) is 3.03. The van der Waals surface area contributed by atoms with E-state index in [0.29, 0.717) is 28.0 Å². The van der Waals surface area contributed by atoms with Crippen molar-refractivity contribution >= 4 is 5.78 Å². The number of rotatable bonds is 2. The van der Waals surface area contributed by atoms with Gasteiger partial charge < -0.3 is 19.7 Å². The molecule has 0 saturated heterocycles. The van der Waals surface area contributed by atoms with Crippen molar-refractivity contribution in [2.75, 3.05) is 7.11 Å². The number of hydrogen-bond donors (Lipinski definition) is 2. The van der Waals surface area contributed by atoms with Gasteiger partial charge in [-0.2, -0.15) is 0 Å². The van der Waals surface area contributed by atoms with E-state index in [2.05, 4.69) is 0 Å². The summed E-state index contributed by atoms with van der Waals surface area (Å²) < 4.78 is 11.0. The van der Waals surface area contributed by atoms with Gasteiger partial charge in [-0.15, -0.1) is 0 Å². The molecule has 0 amide bonds. The lowest BCUT2D eigenvalue weighted by Crippen LogP contribution is -2.45. The van der Waals surface area contributed by atoms with Crippen LogP contribution in [0.25, 0.3) is 0 Å². The third-order valence-electron chi connectivity index (χ3n) is 4.27. The van der Waals surface area contributed by atoms with Gasteiger partial charge in [0.05, 0.1) is 7.11 Å². The van der Waals surface area contributed by atoms with Gasteiger partial charge >= 0.3 is 0 Å². The van der Waals surface area contributed by atoms with Gasteiger partial charge in [-0.1, -0.05) is 30.3 Å². The molecular formula is C18H18O5. The summed E-state index contributed by atoms with van der Waals surface area (Å²) in [5.74, 6) is -1.85. The Morgan fingerprint density at radius 3 is 2.43 bits per heavy atom. The predicted molar refractivity (Wildman–Crippen MR) is 83.8 cm³/mol. The zero-order valence-electron chi connectivity index (χ0n) is 13.2. The highest BCUT2D eigenvalue weighted by Gasteiger charge is 2.46. The van der Waals surface area contributed by atoms with E-state index in [9.17, 15) is 15.0 Å². The van der Waals surface area contributed by atoms with Crippen LogP contribution in [0.2, 0.25) is 0 Å². The average Bonchev–Trinajstić information content (AvgIpc) is 2.56. The van der Waals surface area contributed by atoms with Gasteiger partial charge in [0.15, 0.2) is 0 Å². The summed E-state index contributed by atoms with van der Waals surface area (Å²) in [7, 11) is 1.50. The van der Waals surface area contributed by atoms with Crippen molar-refractivity contribution in [2.45, 2.75) is 26.1 Å². The summed E-state index contributed by atoms with van der Waals surface area (Å²) in [6.07, 6.45) is -0.113. The molecular weight excluding hydrogens is 296 g/mol. The van der Waals surface area contributed by atoms with Gasteiger partial charge in [-0.05, 0) is 13.8 Å². The Kier molecular flexibility index (Phi) is 3.53. The lowest BCUT2D eigenvalue weighted by molar-refractivity contribution is -0.179. The van der Waals surface area contributed by atoms with E-state index in [1.165, 1.54) is 7.11 Å². The van der Waals surface area contributed by atoms with E-state index in [1.807, 2.05) is 0 Å². The number of methoxy groups -OCH3 is 1. The maximum atomic E-state index is 12.5. The third kappa shape index (κ3) is 2.16. The van der Waals surface area contributed by atoms with Gasteiger partial charge in [-0.3, -0.25) is 4.79 Å². The Morgan fingerprint density at radius 2 is 1.83 bits per heavy atom. The number of phenols is 1. The number of aromatic hydroxyl groups is 1. The lowest BCUT2D eigenvalue weighted by atomic mass is 9.89. The smallest absolute Gasteiger partial charge is 0.295 e. The number of ether oxygens (including phenoxy) is 2. The van der Waals surface area contributed by atoms with Crippen molar-refractivity contribution in [1.29, 1.82) is 0 Å². The molecule has 1 atom stereocenters. The second-order valence-corrected chi connectivity index (χ2v) is 5.65. The maximum absolute atomic E-state index is 12.5. The van der Waals surface area contributed by atoms with E-state index in [1.54, 1.807) is 44.2 Å². The highest BCUT2D eigenvalue weighted by molar-refractivity contribution is 5.92. The molecule has 1 heterocycles. The quantitative estimate of drug-likeness (QED) is 0.890. The molecule has 2 N–H and O–H groups in total. The molecule has 2 aromatic carbocycles. The Bertz CT molecular complexity index is 782. The SMILES string of the molecule is COc1c(C)c(O)c2c(c1C)OC(O)(c1ccccc1)C(=O)C2. The monoisotopic (exact) mass is 314 g/mol. The van der Waals surface area contributed by atoms with Crippen LogP contribution in [0.5, 0.6) is 17.2 Å². The number of hydrogen-bond acceptors (Lipinski definition) is 5. The number of fused-ring (bicyclic) bond motifs is 1. The summed E-state index contributed by atoms with van der Waals surface area (Å²) >= 11 is 0. The Morgan fingerprint density at radius 1 is 1.17 bits per heavy atom. The highest BCUT2D eigenvalue weighted by atomic mass is 16.6. The first-order valence-electron chi connectivity index (χ1n) is 7.29. The minimum Gasteiger partial charge on any atom is -0.507 e. The van der Waals surface area contributed by atoms with Crippen LogP contribution >= 0.6 is 0 Å². The van der Waals surface area contributed by atoms with Gasteiger partial charge in [-0.25, -0.2) is 0 Å². The molecule has 0 bridgehead atoms. The average molecular weight is 314 g/mol. The van der Waals surface area contributed by atoms with Crippen LogP contribution in [0.1, 0.15) is 22.3 Å². The molecule has 120 valence electrons. The summed E-state index contributed by atoms with van der Waals surface area (Å²) in [4.78, 5) is 12.5. The highest BCUT2D eigenvalue weighted by Crippen LogP contribution is 2.47. The first-order valence-corrected chi connectivity index (χ1v) is 7.29. The summed E-state index contributed by atoms with van der Waals surface area (Å²) in [6.45, 7) is 3.48. The Hall–Kier alpha value is -2.53. The number of aliphatic hydroxyl groups is 1. The summed E-state index contributed by atoms with van der Waals surface area (Å²) in [5, 5.41) is 21.2. The second kappa shape index (κ2) is 5.28. The van der Waals surface area contributed by atoms with Gasteiger partial charge in [0.1, 0.15) is 17.2 Å². The number of carbonyl (C=O) groups is 1. The van der Waals surface area contributed by atoms with Crippen molar-refractivity contribution in [3.63, 3.8) is 0 Å². The van der Waals surface area contributed by atoms with E-state index in [0.717, 1.165) is 0 Å². The van der Waals surface area contributed by atoms with Crippen LogP contribution in [0.4, 0.5) is 0 Å². The number of ketones is 1. The van der Waals surface area contributed by atoms with E-state index < -0.39 is 11.6 Å². The van der Waals surface area contributed by atoms with Crippen molar-refractivity contribution in [1.82, 2.24) is 0 Å². The zero-order chi connectivity index (χ0) is 16.8. The lowest BCUT2D eigenvalue weighted by Gasteiger charge is -2.34. The molecule has 0 saturated carbocycles. The topological polar surface area (TPSA) is 76.0 Å². The van der Waals surface area contributed by atoms with Crippen LogP contribution < -0.4 is 9.47 Å². The molecule has 0 spiro atoms. The Labute approximate surface area is 134 Å². The van der Waals surface area contributed by atoms with Gasteiger partial charge in [0.2, 0.25) is 5.78 Å². The molecule has 23 heavy (non-hydrogen) atoms. The fourth-order valence-corrected chi connectivity index (χ4v) is 3.03. The summed E-state index contributed by atoms with van der Waals surface area (Å²) in [6, 6.07) is 8.49. The third-order valence-corrected chi connectivity index (χ3v) is 4.27. The molecule has 0 fully saturated rings. The minimum atomic E-state index is -2.06. The summed E-state index contributed by atoms with van der Waals surface area (Å²) in [5.41, 5.74) is 1.92. The number of Topliss-reactive ketones (excluding diaryl/α,β-unsaturated/α-hetero) is 1. The first kappa shape index (κ1) is 15.4. The van der Waals surface area contributed by atoms with Crippen molar-refractivity contribution in [2.24, 2.45) is 0 Å². The van der Waals surface area contributed by atoms with Gasteiger partial charge in [0.25, 0.3) is 5.79 Å². The second-order valence-electron chi connectivity index (χ2n) is 5.65. The van der Waals surface area contributed by atoms with Gasteiger partial charge in [0, 0.05) is 28.7 Å². The van der Waals surface area contributed by atoms with Crippen molar-refractivity contribution < 1.29 is 24.5 Å². The van der Waals surface area contributed by atoms with Crippen LogP contribution in [0.15, 0.2) is 30.3 Å². The molecule has 1 unspecified atom stereocenters. The van der Waals surface area contributed by atoms with Crippen LogP contribution in [-0.4, -0.2) is 23.1 Å². The maximum Gasteiger partial charge on any atom is 0.295 e. The largest absolute Gasteiger partial charge is 0.507 e. The molecule has 3 rings (SSSR count). The van der Waals surface area contributed by atoms with Crippen LogP contribution in [0, 0.1) is 13.8 Å². The van der Waals surface area contributed by atoms with E-state index in [4.69, 9.17) is 9.47 Å². The fraction of sp³-hybridized carbons (Fsp3) is 0.278.